The first-order valence-electron chi connectivity index (χ1n) is 9.01. The fourth-order valence-corrected chi connectivity index (χ4v) is 2.75. The van der Waals surface area contributed by atoms with E-state index in [0.717, 1.165) is 29.8 Å². The number of rotatable bonds is 6. The van der Waals surface area contributed by atoms with E-state index >= 15 is 0 Å². The van der Waals surface area contributed by atoms with E-state index in [2.05, 4.69) is 10.4 Å². The van der Waals surface area contributed by atoms with Crippen molar-refractivity contribution in [3.05, 3.63) is 77.1 Å². The highest BCUT2D eigenvalue weighted by Crippen LogP contribution is 2.31. The minimum absolute atomic E-state index is 0.242. The van der Waals surface area contributed by atoms with Gasteiger partial charge in [0.25, 0.3) is 5.91 Å². The SMILES string of the molecule is CCc1cc(C(=O)NCc2cccc(Oc3ccc(C(F)(F)F)cc3)c2)n(C)n1. The average molecular weight is 403 g/mol. The van der Waals surface area contributed by atoms with E-state index in [-0.39, 0.29) is 12.5 Å². The second kappa shape index (κ2) is 8.38. The van der Waals surface area contributed by atoms with Crippen LogP contribution >= 0.6 is 0 Å². The fourth-order valence-electron chi connectivity index (χ4n) is 2.75. The number of carbonyl (C=O) groups excluding carboxylic acids is 1. The number of halogens is 3. The van der Waals surface area contributed by atoms with E-state index in [1.807, 2.05) is 13.0 Å². The molecule has 0 spiro atoms. The maximum absolute atomic E-state index is 12.6. The summed E-state index contributed by atoms with van der Waals surface area (Å²) in [6, 6.07) is 13.2. The zero-order chi connectivity index (χ0) is 21.0. The van der Waals surface area contributed by atoms with Crippen molar-refractivity contribution < 1.29 is 22.7 Å². The summed E-state index contributed by atoms with van der Waals surface area (Å²) < 4.78 is 45.1. The first kappa shape index (κ1) is 20.4. The topological polar surface area (TPSA) is 56.1 Å². The van der Waals surface area contributed by atoms with Crippen molar-refractivity contribution in [3.63, 3.8) is 0 Å². The van der Waals surface area contributed by atoms with E-state index in [1.54, 1.807) is 31.3 Å². The van der Waals surface area contributed by atoms with Crippen molar-refractivity contribution >= 4 is 5.91 Å². The monoisotopic (exact) mass is 403 g/mol. The number of benzene rings is 2. The van der Waals surface area contributed by atoms with Crippen LogP contribution in [0.4, 0.5) is 13.2 Å². The standard InChI is InChI=1S/C21H20F3N3O2/c1-3-16-12-19(27(2)26-16)20(28)25-13-14-5-4-6-18(11-14)29-17-9-7-15(8-10-17)21(22,23)24/h4-12H,3,13H2,1-2H3,(H,25,28). The van der Waals surface area contributed by atoms with Crippen LogP contribution in [-0.2, 0) is 26.2 Å². The van der Waals surface area contributed by atoms with Crippen LogP contribution in [0.15, 0.2) is 54.6 Å². The first-order valence-corrected chi connectivity index (χ1v) is 9.01. The van der Waals surface area contributed by atoms with Crippen molar-refractivity contribution in [2.75, 3.05) is 0 Å². The van der Waals surface area contributed by atoms with Crippen LogP contribution in [0.5, 0.6) is 11.5 Å². The molecule has 0 saturated heterocycles. The van der Waals surface area contributed by atoms with Gasteiger partial charge in [-0.2, -0.15) is 18.3 Å². The molecule has 0 aliphatic heterocycles. The molecule has 0 bridgehead atoms. The van der Waals surface area contributed by atoms with Gasteiger partial charge in [-0.25, -0.2) is 0 Å². The smallest absolute Gasteiger partial charge is 0.416 e. The van der Waals surface area contributed by atoms with Crippen molar-refractivity contribution in [3.8, 4) is 11.5 Å². The van der Waals surface area contributed by atoms with E-state index in [0.29, 0.717) is 17.2 Å². The lowest BCUT2D eigenvalue weighted by Gasteiger charge is -2.10. The largest absolute Gasteiger partial charge is 0.457 e. The Morgan fingerprint density at radius 3 is 2.45 bits per heavy atom. The van der Waals surface area contributed by atoms with Gasteiger partial charge in [0, 0.05) is 13.6 Å². The molecular formula is C21H20F3N3O2. The van der Waals surface area contributed by atoms with Gasteiger partial charge in [0.1, 0.15) is 17.2 Å². The Hall–Kier alpha value is -3.29. The fraction of sp³-hybridized carbons (Fsp3) is 0.238. The summed E-state index contributed by atoms with van der Waals surface area (Å²) in [6.07, 6.45) is -3.65. The van der Waals surface area contributed by atoms with E-state index in [4.69, 9.17) is 4.74 Å². The molecule has 0 fully saturated rings. The number of hydrogen-bond donors (Lipinski definition) is 1. The zero-order valence-electron chi connectivity index (χ0n) is 16.0. The zero-order valence-corrected chi connectivity index (χ0v) is 16.0. The lowest BCUT2D eigenvalue weighted by atomic mass is 10.2. The van der Waals surface area contributed by atoms with Crippen LogP contribution in [0.2, 0.25) is 0 Å². The summed E-state index contributed by atoms with van der Waals surface area (Å²) in [6.45, 7) is 2.24. The van der Waals surface area contributed by atoms with Crippen LogP contribution in [0.25, 0.3) is 0 Å². The molecule has 3 aromatic rings. The van der Waals surface area contributed by atoms with Crippen LogP contribution in [0, 0.1) is 0 Å². The summed E-state index contributed by atoms with van der Waals surface area (Å²) in [5.41, 5.74) is 1.37. The number of hydrogen-bond acceptors (Lipinski definition) is 3. The van der Waals surface area contributed by atoms with Crippen LogP contribution in [-0.4, -0.2) is 15.7 Å². The molecule has 1 heterocycles. The van der Waals surface area contributed by atoms with Crippen molar-refractivity contribution in [2.45, 2.75) is 26.1 Å². The molecule has 152 valence electrons. The minimum atomic E-state index is -4.39. The van der Waals surface area contributed by atoms with E-state index < -0.39 is 11.7 Å². The molecule has 5 nitrogen and oxygen atoms in total. The second-order valence-electron chi connectivity index (χ2n) is 6.45. The lowest BCUT2D eigenvalue weighted by Crippen LogP contribution is -2.25. The normalized spacial score (nSPS) is 11.3. The van der Waals surface area contributed by atoms with Gasteiger partial charge in [0.05, 0.1) is 11.3 Å². The molecular weight excluding hydrogens is 383 g/mol. The molecule has 1 amide bonds. The third-order valence-corrected chi connectivity index (χ3v) is 4.29. The highest BCUT2D eigenvalue weighted by Gasteiger charge is 2.30. The van der Waals surface area contributed by atoms with Crippen molar-refractivity contribution in [1.29, 1.82) is 0 Å². The molecule has 3 rings (SSSR count). The molecule has 29 heavy (non-hydrogen) atoms. The lowest BCUT2D eigenvalue weighted by molar-refractivity contribution is -0.137. The number of amides is 1. The van der Waals surface area contributed by atoms with E-state index in [9.17, 15) is 18.0 Å². The van der Waals surface area contributed by atoms with Crippen LogP contribution in [0.3, 0.4) is 0 Å². The average Bonchev–Trinajstić information content (AvgIpc) is 3.07. The van der Waals surface area contributed by atoms with Gasteiger partial charge in [0.15, 0.2) is 0 Å². The Morgan fingerprint density at radius 1 is 1.10 bits per heavy atom. The second-order valence-corrected chi connectivity index (χ2v) is 6.45. The third kappa shape index (κ3) is 5.16. The van der Waals surface area contributed by atoms with Crippen molar-refractivity contribution in [2.24, 2.45) is 7.05 Å². The van der Waals surface area contributed by atoms with E-state index in [1.165, 1.54) is 16.8 Å². The summed E-state index contributed by atoms with van der Waals surface area (Å²) >= 11 is 0. The van der Waals surface area contributed by atoms with Crippen molar-refractivity contribution in [1.82, 2.24) is 15.1 Å². The third-order valence-electron chi connectivity index (χ3n) is 4.29. The van der Waals surface area contributed by atoms with Gasteiger partial charge < -0.3 is 10.1 Å². The van der Waals surface area contributed by atoms with Crippen LogP contribution in [0.1, 0.15) is 34.2 Å². The number of ether oxygens (including phenoxy) is 1. The quantitative estimate of drug-likeness (QED) is 0.648. The number of aromatic nitrogens is 2. The Labute approximate surface area is 166 Å². The molecule has 1 aromatic heterocycles. The Morgan fingerprint density at radius 2 is 1.83 bits per heavy atom. The highest BCUT2D eigenvalue weighted by molar-refractivity contribution is 5.92. The van der Waals surface area contributed by atoms with Gasteiger partial charge in [-0.1, -0.05) is 19.1 Å². The number of aryl methyl sites for hydroxylation is 2. The Bertz CT molecular complexity index is 995. The maximum atomic E-state index is 12.6. The number of carbonyl (C=O) groups is 1. The molecule has 0 atom stereocenters. The summed E-state index contributed by atoms with van der Waals surface area (Å²) in [5, 5.41) is 7.08. The molecule has 0 aliphatic rings. The minimum Gasteiger partial charge on any atom is -0.457 e. The Kier molecular flexibility index (Phi) is 5.91. The van der Waals surface area contributed by atoms with Gasteiger partial charge in [0.2, 0.25) is 0 Å². The predicted molar refractivity (Wildman–Crippen MR) is 102 cm³/mol. The van der Waals surface area contributed by atoms with Gasteiger partial charge in [-0.3, -0.25) is 9.48 Å². The van der Waals surface area contributed by atoms with Gasteiger partial charge in [-0.05, 0) is 54.4 Å². The highest BCUT2D eigenvalue weighted by atomic mass is 19.4. The summed E-state index contributed by atoms with van der Waals surface area (Å²) in [4.78, 5) is 12.4. The Balaban J connectivity index is 1.63. The molecule has 0 aliphatic carbocycles. The number of nitrogens with zero attached hydrogens (tertiary/aromatic N) is 2. The summed E-state index contributed by atoms with van der Waals surface area (Å²) in [5.74, 6) is 0.514. The van der Waals surface area contributed by atoms with Gasteiger partial charge >= 0.3 is 6.18 Å². The summed E-state index contributed by atoms with van der Waals surface area (Å²) in [7, 11) is 1.71. The molecule has 2 aromatic carbocycles. The number of alkyl halides is 3. The predicted octanol–water partition coefficient (Wildman–Crippen LogP) is 4.72. The maximum Gasteiger partial charge on any atom is 0.416 e. The van der Waals surface area contributed by atoms with Crippen LogP contribution < -0.4 is 10.1 Å². The molecule has 0 unspecified atom stereocenters. The molecule has 8 heteroatoms. The first-order chi connectivity index (χ1) is 13.8. The molecule has 1 N–H and O–H groups in total. The molecule has 0 radical (unpaired) electrons. The molecule has 0 saturated carbocycles. The van der Waals surface area contributed by atoms with Gasteiger partial charge in [-0.15, -0.1) is 0 Å². The number of nitrogens with one attached hydrogen (secondary N) is 1.